The summed E-state index contributed by atoms with van der Waals surface area (Å²) >= 11 is 0. The molecule has 50 heavy (non-hydrogen) atoms. The molecule has 0 aliphatic carbocycles. The first kappa shape index (κ1) is 39.0. The number of esters is 1. The lowest BCUT2D eigenvalue weighted by Crippen LogP contribution is -2.66. The monoisotopic (exact) mass is 693 g/mol. The Labute approximate surface area is 296 Å². The van der Waals surface area contributed by atoms with E-state index in [4.69, 9.17) is 9.47 Å². The molecule has 2 aliphatic rings. The van der Waals surface area contributed by atoms with Crippen LogP contribution in [0.2, 0.25) is 0 Å². The zero-order valence-corrected chi connectivity index (χ0v) is 30.9. The quantitative estimate of drug-likeness (QED) is 0.152. The molecule has 3 heterocycles. The number of aliphatic hydroxyl groups is 2. The van der Waals surface area contributed by atoms with Gasteiger partial charge in [-0.3, -0.25) is 19.2 Å². The summed E-state index contributed by atoms with van der Waals surface area (Å²) in [6.07, 6.45) is 5.30. The Bertz CT molecular complexity index is 1570. The Morgan fingerprint density at radius 1 is 1.12 bits per heavy atom. The minimum absolute atomic E-state index is 0.195. The zero-order chi connectivity index (χ0) is 37.0. The van der Waals surface area contributed by atoms with Crippen LogP contribution in [0.4, 0.5) is 0 Å². The Hall–Kier alpha value is -3.79. The molecule has 4 rings (SSSR count). The third kappa shape index (κ3) is 7.46. The van der Waals surface area contributed by atoms with Crippen LogP contribution in [0.1, 0.15) is 98.2 Å². The van der Waals surface area contributed by atoms with Crippen LogP contribution in [-0.2, 0) is 43.4 Å². The van der Waals surface area contributed by atoms with E-state index in [0.29, 0.717) is 37.9 Å². The number of amides is 2. The number of aromatic nitrogens is 3. The van der Waals surface area contributed by atoms with Gasteiger partial charge in [0, 0.05) is 18.4 Å². The molecule has 3 N–H and O–H groups in total. The van der Waals surface area contributed by atoms with Crippen LogP contribution in [0, 0.1) is 28.1 Å². The first-order valence-corrected chi connectivity index (χ1v) is 17.6. The molecule has 2 amide bonds. The molecule has 4 atom stereocenters. The van der Waals surface area contributed by atoms with E-state index < -0.39 is 51.6 Å². The van der Waals surface area contributed by atoms with E-state index in [1.54, 1.807) is 38.6 Å². The highest BCUT2D eigenvalue weighted by molar-refractivity contribution is 6.00. The lowest BCUT2D eigenvalue weighted by Gasteiger charge is -2.40. The van der Waals surface area contributed by atoms with Gasteiger partial charge < -0.3 is 25.0 Å². The number of aliphatic hydroxyl groups excluding tert-OH is 1. The van der Waals surface area contributed by atoms with Gasteiger partial charge >= 0.3 is 5.97 Å². The number of hydrogen-bond donors (Lipinski definition) is 3. The van der Waals surface area contributed by atoms with Crippen molar-refractivity contribution >= 4 is 17.8 Å². The first-order chi connectivity index (χ1) is 23.4. The molecule has 0 radical (unpaired) electrons. The van der Waals surface area contributed by atoms with Crippen molar-refractivity contribution in [2.75, 3.05) is 13.7 Å². The average Bonchev–Trinajstić information content (AvgIpc) is 3.74. The van der Waals surface area contributed by atoms with Gasteiger partial charge in [0.1, 0.15) is 11.9 Å². The topological polar surface area (TPSA) is 156 Å². The van der Waals surface area contributed by atoms with Crippen molar-refractivity contribution in [3.63, 3.8) is 0 Å². The molecule has 2 fully saturated rings. The SMILES string of the molecule is COC(=O)[C@]12CO[C@H](C(C)(C)C)N1C(=O)C(C)(C)[C@@]2(O)C#CCCCCn1cc(CNC(=O)C(C)(C)C(O)CCCCc2ccccc2)nn1. The fourth-order valence-electron chi connectivity index (χ4n) is 6.87. The number of nitrogens with zero attached hydrogens (tertiary/aromatic N) is 4. The van der Waals surface area contributed by atoms with E-state index >= 15 is 0 Å². The van der Waals surface area contributed by atoms with Crippen molar-refractivity contribution in [1.29, 1.82) is 0 Å². The van der Waals surface area contributed by atoms with Gasteiger partial charge in [0.05, 0.1) is 43.4 Å². The van der Waals surface area contributed by atoms with Crippen LogP contribution >= 0.6 is 0 Å². The largest absolute Gasteiger partial charge is 0.467 e. The second-order valence-electron chi connectivity index (χ2n) is 15.8. The molecule has 1 unspecified atom stereocenters. The van der Waals surface area contributed by atoms with Crippen LogP contribution < -0.4 is 5.32 Å². The third-order valence-electron chi connectivity index (χ3n) is 10.3. The molecule has 12 nitrogen and oxygen atoms in total. The Kier molecular flexibility index (Phi) is 11.9. The predicted molar refractivity (Wildman–Crippen MR) is 187 cm³/mol. The van der Waals surface area contributed by atoms with Gasteiger partial charge in [-0.2, -0.15) is 0 Å². The van der Waals surface area contributed by atoms with Gasteiger partial charge in [-0.05, 0) is 65.4 Å². The fourth-order valence-corrected chi connectivity index (χ4v) is 6.87. The van der Waals surface area contributed by atoms with Crippen LogP contribution in [0.3, 0.4) is 0 Å². The Morgan fingerprint density at radius 2 is 1.82 bits per heavy atom. The number of ether oxygens (including phenoxy) is 2. The lowest BCUT2D eigenvalue weighted by molar-refractivity contribution is -0.165. The fraction of sp³-hybridized carbons (Fsp3) is 0.658. The maximum Gasteiger partial charge on any atom is 0.338 e. The van der Waals surface area contributed by atoms with Crippen LogP contribution in [0.15, 0.2) is 36.5 Å². The molecule has 1 aromatic carbocycles. The first-order valence-electron chi connectivity index (χ1n) is 17.6. The molecule has 1 aromatic heterocycles. The molecule has 2 aliphatic heterocycles. The van der Waals surface area contributed by atoms with Crippen molar-refractivity contribution in [2.24, 2.45) is 16.2 Å². The molecule has 12 heteroatoms. The number of fused-ring (bicyclic) bond motifs is 1. The van der Waals surface area contributed by atoms with Crippen molar-refractivity contribution in [3.8, 4) is 11.8 Å². The highest BCUT2D eigenvalue weighted by atomic mass is 16.6. The number of hydrogen-bond acceptors (Lipinski definition) is 9. The van der Waals surface area contributed by atoms with Gasteiger partial charge in [-0.15, -0.1) is 11.0 Å². The van der Waals surface area contributed by atoms with Crippen molar-refractivity contribution in [3.05, 3.63) is 47.8 Å². The van der Waals surface area contributed by atoms with E-state index in [1.807, 2.05) is 39.0 Å². The zero-order valence-electron chi connectivity index (χ0n) is 30.9. The maximum absolute atomic E-state index is 13.7. The molecule has 0 bridgehead atoms. The highest BCUT2D eigenvalue weighted by Gasteiger charge is 2.80. The second kappa shape index (κ2) is 15.2. The van der Waals surface area contributed by atoms with Crippen LogP contribution in [0.25, 0.3) is 0 Å². The van der Waals surface area contributed by atoms with E-state index in [0.717, 1.165) is 19.3 Å². The van der Waals surface area contributed by atoms with Crippen molar-refractivity contribution in [1.82, 2.24) is 25.2 Å². The van der Waals surface area contributed by atoms with Crippen LogP contribution in [-0.4, -0.2) is 85.1 Å². The summed E-state index contributed by atoms with van der Waals surface area (Å²) in [6.45, 7) is 13.0. The second-order valence-corrected chi connectivity index (χ2v) is 15.8. The summed E-state index contributed by atoms with van der Waals surface area (Å²) in [7, 11) is 1.23. The Morgan fingerprint density at radius 3 is 2.48 bits per heavy atom. The standard InChI is InChI=1S/C38H55N5O7/c1-34(2,3)32-43-31(46)36(6,7)38(48,37(43,26-50-32)33(47)49-8)22-16-9-10-17-23-42-25-28(40-41-42)24-39-30(45)35(4,5)29(44)21-15-14-20-27-18-12-11-13-19-27/h11-13,18-19,25,29,32,44,48H,9-10,14-15,17,20-21,23-24,26H2,1-8H3,(H,39,45)/t29?,32-,37+,38+/m1/s1. The number of benzene rings is 1. The van der Waals surface area contributed by atoms with E-state index in [1.165, 1.54) is 17.6 Å². The summed E-state index contributed by atoms with van der Waals surface area (Å²) in [6, 6.07) is 10.2. The van der Waals surface area contributed by atoms with Gasteiger partial charge in [0.2, 0.25) is 17.4 Å². The number of nitrogens with one attached hydrogen (secondary N) is 1. The smallest absolute Gasteiger partial charge is 0.338 e. The third-order valence-corrected chi connectivity index (χ3v) is 10.3. The average molecular weight is 694 g/mol. The molecular weight excluding hydrogens is 638 g/mol. The normalized spacial score (nSPS) is 23.6. The van der Waals surface area contributed by atoms with E-state index in [-0.39, 0.29) is 19.1 Å². The molecule has 2 saturated heterocycles. The van der Waals surface area contributed by atoms with Crippen molar-refractivity contribution in [2.45, 2.75) is 130 Å². The maximum atomic E-state index is 13.7. The number of aryl methyl sites for hydroxylation is 2. The molecule has 274 valence electrons. The van der Waals surface area contributed by atoms with Crippen LogP contribution in [0.5, 0.6) is 0 Å². The summed E-state index contributed by atoms with van der Waals surface area (Å²) in [5.41, 5.74) is -4.81. The summed E-state index contributed by atoms with van der Waals surface area (Å²) in [4.78, 5) is 41.4. The molecule has 0 spiro atoms. The van der Waals surface area contributed by atoms with Gasteiger partial charge in [-0.1, -0.05) is 68.7 Å². The van der Waals surface area contributed by atoms with Gasteiger partial charge in [-0.25, -0.2) is 4.79 Å². The lowest BCUT2D eigenvalue weighted by atomic mass is 9.68. The number of methoxy groups -OCH3 is 1. The summed E-state index contributed by atoms with van der Waals surface area (Å²) in [5.74, 6) is 4.53. The number of carbonyl (C=O) groups is 3. The minimum atomic E-state index is -2.04. The Balaban J connectivity index is 1.26. The van der Waals surface area contributed by atoms with Gasteiger partial charge in [0.15, 0.2) is 5.60 Å². The predicted octanol–water partition coefficient (Wildman–Crippen LogP) is 3.78. The number of carbonyl (C=O) groups excluding carboxylic acids is 3. The summed E-state index contributed by atoms with van der Waals surface area (Å²) < 4.78 is 12.8. The van der Waals surface area contributed by atoms with E-state index in [9.17, 15) is 24.6 Å². The molecular formula is C38H55N5O7. The molecule has 0 saturated carbocycles. The highest BCUT2D eigenvalue weighted by Crippen LogP contribution is 2.56. The van der Waals surface area contributed by atoms with Crippen molar-refractivity contribution < 1.29 is 34.1 Å². The van der Waals surface area contributed by atoms with E-state index in [2.05, 4.69) is 39.6 Å². The number of unbranched alkanes of at least 4 members (excludes halogenated alkanes) is 3. The summed E-state index contributed by atoms with van der Waals surface area (Å²) in [5, 5.41) is 34.1. The minimum Gasteiger partial charge on any atom is -0.467 e. The molecule has 2 aromatic rings. The number of rotatable bonds is 14. The van der Waals surface area contributed by atoms with Gasteiger partial charge in [0.25, 0.3) is 0 Å².